The molecule has 2 unspecified atom stereocenters. The average Bonchev–Trinajstić information content (AvgIpc) is 2.52. The first-order valence-corrected chi connectivity index (χ1v) is 9.73. The minimum absolute atomic E-state index is 0.288. The Bertz CT molecular complexity index is 778. The van der Waals surface area contributed by atoms with Gasteiger partial charge in [-0.15, -0.1) is 4.31 Å². The summed E-state index contributed by atoms with van der Waals surface area (Å²) in [6, 6.07) is 9.98. The van der Waals surface area contributed by atoms with E-state index in [9.17, 15) is 8.94 Å². The highest BCUT2D eigenvalue weighted by atomic mass is 35.5. The molecule has 6 heteroatoms. The summed E-state index contributed by atoms with van der Waals surface area (Å²) < 4.78 is 27.7. The third-order valence-electron chi connectivity index (χ3n) is 4.63. The summed E-state index contributed by atoms with van der Waals surface area (Å²) in [5, 5.41) is 0.381. The number of rotatable bonds is 3. The van der Waals surface area contributed by atoms with Crippen molar-refractivity contribution >= 4 is 23.0 Å². The van der Waals surface area contributed by atoms with E-state index in [2.05, 4.69) is 11.9 Å². The number of hydrogen-bond donors (Lipinski definition) is 0. The Morgan fingerprint density at radius 1 is 1.24 bits per heavy atom. The molecule has 2 heterocycles. The van der Waals surface area contributed by atoms with Gasteiger partial charge in [-0.3, -0.25) is 0 Å². The highest BCUT2D eigenvalue weighted by molar-refractivity contribution is 7.90. The molecule has 0 amide bonds. The highest BCUT2D eigenvalue weighted by Gasteiger charge is 2.52. The number of hydrogen-bond acceptors (Lipinski definition) is 3. The number of pyridine rings is 1. The lowest BCUT2D eigenvalue weighted by Gasteiger charge is -2.51. The first-order valence-electron chi connectivity index (χ1n) is 8.25. The predicted octanol–water partition coefficient (Wildman–Crippen LogP) is 4.92. The van der Waals surface area contributed by atoms with Crippen molar-refractivity contribution in [3.05, 3.63) is 52.9 Å². The molecule has 25 heavy (non-hydrogen) atoms. The number of nitrogens with zero attached hydrogens (tertiary/aromatic N) is 2. The minimum Gasteiger partial charge on any atom is -0.597 e. The van der Waals surface area contributed by atoms with Gasteiger partial charge in [0.2, 0.25) is 0 Å². The van der Waals surface area contributed by atoms with Crippen molar-refractivity contribution < 1.29 is 8.94 Å². The number of halogens is 2. The van der Waals surface area contributed by atoms with Crippen LogP contribution in [-0.2, 0) is 16.9 Å². The van der Waals surface area contributed by atoms with Gasteiger partial charge in [0, 0.05) is 23.5 Å². The fourth-order valence-electron chi connectivity index (χ4n) is 3.00. The molecule has 2 aromatic rings. The highest BCUT2D eigenvalue weighted by Crippen LogP contribution is 2.45. The van der Waals surface area contributed by atoms with Crippen molar-refractivity contribution in [2.24, 2.45) is 0 Å². The van der Waals surface area contributed by atoms with E-state index >= 15 is 0 Å². The van der Waals surface area contributed by atoms with Crippen LogP contribution in [0.5, 0.6) is 0 Å². The molecule has 2 atom stereocenters. The number of aromatic nitrogens is 1. The van der Waals surface area contributed by atoms with Gasteiger partial charge in [0.25, 0.3) is 0 Å². The Hall–Kier alpha value is -1.14. The molecule has 1 aromatic carbocycles. The molecule has 1 aliphatic rings. The zero-order chi connectivity index (χ0) is 18.4. The fraction of sp³-hybridized carbons (Fsp3) is 0.421. The lowest BCUT2D eigenvalue weighted by molar-refractivity contribution is 0.0856. The Morgan fingerprint density at radius 3 is 2.40 bits per heavy atom. The smallest absolute Gasteiger partial charge is 0.137 e. The topological polar surface area (TPSA) is 39.2 Å². The van der Waals surface area contributed by atoms with Crippen molar-refractivity contribution in [3.8, 4) is 11.3 Å². The molecule has 1 aliphatic heterocycles. The lowest BCUT2D eigenvalue weighted by atomic mass is 9.82. The molecule has 0 radical (unpaired) electrons. The molecule has 1 saturated heterocycles. The summed E-state index contributed by atoms with van der Waals surface area (Å²) in [4.78, 5) is 4.37. The van der Waals surface area contributed by atoms with Crippen LogP contribution in [0.4, 0.5) is 4.39 Å². The van der Waals surface area contributed by atoms with Crippen LogP contribution in [0.3, 0.4) is 0 Å². The predicted molar refractivity (Wildman–Crippen MR) is 101 cm³/mol. The van der Waals surface area contributed by atoms with E-state index in [1.807, 2.05) is 37.2 Å². The lowest BCUT2D eigenvalue weighted by Crippen LogP contribution is -2.61. The first kappa shape index (κ1) is 18.6. The van der Waals surface area contributed by atoms with Gasteiger partial charge in [-0.05, 0) is 76.1 Å². The molecule has 0 spiro atoms. The van der Waals surface area contributed by atoms with E-state index in [0.717, 1.165) is 24.1 Å². The Balaban J connectivity index is 1.99. The molecular formula is C19H22ClFN2OS. The molecule has 134 valence electrons. The second-order valence-electron chi connectivity index (χ2n) is 7.56. The standard InChI is InChI=1S/C19H22ClFN2OS/c1-18(2,3)25(24)23-10-9-19(23,4)14-11-16(22-17(20)12-14)13-5-7-15(21)8-6-13/h5-8,11-12H,9-10H2,1-4H3. The molecule has 0 saturated carbocycles. The normalized spacial score (nSPS) is 22.5. The van der Waals surface area contributed by atoms with E-state index in [4.69, 9.17) is 11.6 Å². The van der Waals surface area contributed by atoms with Crippen LogP contribution in [0.25, 0.3) is 11.3 Å². The van der Waals surface area contributed by atoms with Crippen molar-refractivity contribution in [2.75, 3.05) is 6.54 Å². The fourth-order valence-corrected chi connectivity index (χ4v) is 4.69. The summed E-state index contributed by atoms with van der Waals surface area (Å²) >= 11 is 5.15. The van der Waals surface area contributed by atoms with E-state index in [1.54, 1.807) is 12.1 Å². The van der Waals surface area contributed by atoms with E-state index in [-0.39, 0.29) is 16.1 Å². The van der Waals surface area contributed by atoms with Crippen molar-refractivity contribution in [1.29, 1.82) is 0 Å². The number of benzene rings is 1. The Kier molecular flexibility index (Phi) is 4.88. The largest absolute Gasteiger partial charge is 0.597 e. The van der Waals surface area contributed by atoms with Crippen LogP contribution in [-0.4, -0.2) is 25.1 Å². The maximum Gasteiger partial charge on any atom is 0.137 e. The van der Waals surface area contributed by atoms with E-state index in [0.29, 0.717) is 10.8 Å². The second-order valence-corrected chi connectivity index (χ2v) is 10.1. The molecular weight excluding hydrogens is 359 g/mol. The average molecular weight is 381 g/mol. The zero-order valence-electron chi connectivity index (χ0n) is 14.8. The summed E-state index contributed by atoms with van der Waals surface area (Å²) in [7, 11) is 0. The molecule has 1 aromatic heterocycles. The molecule has 3 nitrogen and oxygen atoms in total. The van der Waals surface area contributed by atoms with Crippen LogP contribution in [0.2, 0.25) is 5.15 Å². The Labute approximate surface area is 156 Å². The van der Waals surface area contributed by atoms with Gasteiger partial charge in [-0.2, -0.15) is 0 Å². The van der Waals surface area contributed by atoms with Gasteiger partial charge in [-0.25, -0.2) is 9.37 Å². The molecule has 0 N–H and O–H groups in total. The van der Waals surface area contributed by atoms with E-state index < -0.39 is 11.4 Å². The van der Waals surface area contributed by atoms with Gasteiger partial charge in [0.1, 0.15) is 15.7 Å². The van der Waals surface area contributed by atoms with Crippen molar-refractivity contribution in [3.63, 3.8) is 0 Å². The summed E-state index contributed by atoms with van der Waals surface area (Å²) in [6.07, 6.45) is 0.901. The third kappa shape index (κ3) is 3.56. The van der Waals surface area contributed by atoms with Crippen molar-refractivity contribution in [1.82, 2.24) is 9.29 Å². The van der Waals surface area contributed by atoms with Crippen LogP contribution in [0, 0.1) is 5.82 Å². The second kappa shape index (κ2) is 6.54. The molecule has 3 rings (SSSR count). The van der Waals surface area contributed by atoms with Crippen LogP contribution < -0.4 is 0 Å². The maximum absolute atomic E-state index is 13.2. The van der Waals surface area contributed by atoms with Gasteiger partial charge in [-0.1, -0.05) is 11.6 Å². The van der Waals surface area contributed by atoms with Crippen LogP contribution in [0.1, 0.15) is 39.7 Å². The van der Waals surface area contributed by atoms with Crippen LogP contribution >= 0.6 is 11.6 Å². The summed E-state index contributed by atoms with van der Waals surface area (Å²) in [6.45, 7) is 8.80. The minimum atomic E-state index is -1.11. The van der Waals surface area contributed by atoms with Gasteiger partial charge in [0.05, 0.1) is 11.2 Å². The molecule has 1 fully saturated rings. The zero-order valence-corrected chi connectivity index (χ0v) is 16.4. The molecule has 0 bridgehead atoms. The summed E-state index contributed by atoms with van der Waals surface area (Å²) in [5.74, 6) is -0.288. The monoisotopic (exact) mass is 380 g/mol. The first-order chi connectivity index (χ1) is 11.6. The van der Waals surface area contributed by atoms with Crippen LogP contribution in [0.15, 0.2) is 36.4 Å². The van der Waals surface area contributed by atoms with Gasteiger partial charge < -0.3 is 4.55 Å². The SMILES string of the molecule is CC1(c2cc(Cl)nc(-c3ccc(F)cc3)c2)CCN1[S+]([O-])C(C)(C)C. The molecule has 0 aliphatic carbocycles. The van der Waals surface area contributed by atoms with Gasteiger partial charge in [0.15, 0.2) is 0 Å². The quantitative estimate of drug-likeness (QED) is 0.560. The third-order valence-corrected chi connectivity index (χ3v) is 6.86. The van der Waals surface area contributed by atoms with E-state index in [1.165, 1.54) is 12.1 Å². The van der Waals surface area contributed by atoms with Crippen molar-refractivity contribution in [2.45, 2.75) is 44.4 Å². The Morgan fingerprint density at radius 2 is 1.88 bits per heavy atom. The summed E-state index contributed by atoms with van der Waals surface area (Å²) in [5.41, 5.74) is 2.13. The maximum atomic E-state index is 13.2. The van der Waals surface area contributed by atoms with Gasteiger partial charge >= 0.3 is 0 Å².